The van der Waals surface area contributed by atoms with Crippen molar-refractivity contribution < 1.29 is 17.9 Å². The van der Waals surface area contributed by atoms with Crippen LogP contribution in [0.5, 0.6) is 5.75 Å². The number of hydrogen-bond donors (Lipinski definition) is 1. The van der Waals surface area contributed by atoms with E-state index in [1.807, 2.05) is 0 Å². The van der Waals surface area contributed by atoms with Gasteiger partial charge >= 0.3 is 5.69 Å². The van der Waals surface area contributed by atoms with Gasteiger partial charge in [0.15, 0.2) is 11.6 Å². The lowest BCUT2D eigenvalue weighted by Gasteiger charge is -2.17. The molecule has 0 aliphatic carbocycles. The Bertz CT molecular complexity index is 1470. The molecule has 1 unspecified atom stereocenters. The van der Waals surface area contributed by atoms with Gasteiger partial charge in [-0.25, -0.2) is 27.2 Å². The summed E-state index contributed by atoms with van der Waals surface area (Å²) in [5.41, 5.74) is 3.79. The Morgan fingerprint density at radius 3 is 2.26 bits per heavy atom. The number of halogens is 3. The molecule has 1 heterocycles. The zero-order chi connectivity index (χ0) is 25.1. The van der Waals surface area contributed by atoms with Gasteiger partial charge in [0, 0.05) is 18.0 Å². The standard InChI is InChI=1S/C25H21F3N4O3/c1-35-22-12-6-11-21(23(22)28)32-24(33)20(13-16-17(26)9-5-10-18(16)27)30-31(25(32)34)14-19(29)15-7-3-2-4-8-15/h2-12,19H,13-14,29H2,1H3. The van der Waals surface area contributed by atoms with Crippen LogP contribution >= 0.6 is 0 Å². The van der Waals surface area contributed by atoms with E-state index in [1.54, 1.807) is 30.3 Å². The maximum atomic E-state index is 15.1. The second-order valence-electron chi connectivity index (χ2n) is 7.74. The predicted octanol–water partition coefficient (Wildman–Crippen LogP) is 3.11. The van der Waals surface area contributed by atoms with E-state index in [4.69, 9.17) is 10.5 Å². The fourth-order valence-corrected chi connectivity index (χ4v) is 3.70. The Hall–Kier alpha value is -4.18. The summed E-state index contributed by atoms with van der Waals surface area (Å²) in [7, 11) is 1.24. The first-order valence-corrected chi connectivity index (χ1v) is 10.6. The zero-order valence-electron chi connectivity index (χ0n) is 18.6. The number of benzene rings is 3. The average molecular weight is 482 g/mol. The van der Waals surface area contributed by atoms with Crippen LogP contribution in [0, 0.1) is 17.5 Å². The molecule has 10 heteroatoms. The lowest BCUT2D eigenvalue weighted by molar-refractivity contribution is 0.384. The van der Waals surface area contributed by atoms with Gasteiger partial charge in [0.1, 0.15) is 17.3 Å². The summed E-state index contributed by atoms with van der Waals surface area (Å²) in [5.74, 6) is -2.92. The van der Waals surface area contributed by atoms with Gasteiger partial charge in [-0.1, -0.05) is 42.5 Å². The maximum Gasteiger partial charge on any atom is 0.352 e. The van der Waals surface area contributed by atoms with Crippen molar-refractivity contribution in [3.63, 3.8) is 0 Å². The van der Waals surface area contributed by atoms with Crippen molar-refractivity contribution in [2.24, 2.45) is 5.73 Å². The van der Waals surface area contributed by atoms with Gasteiger partial charge in [-0.05, 0) is 29.8 Å². The summed E-state index contributed by atoms with van der Waals surface area (Å²) in [4.78, 5) is 26.6. The molecule has 0 spiro atoms. The van der Waals surface area contributed by atoms with E-state index in [0.717, 1.165) is 16.8 Å². The summed E-state index contributed by atoms with van der Waals surface area (Å²) < 4.78 is 50.1. The maximum absolute atomic E-state index is 15.1. The summed E-state index contributed by atoms with van der Waals surface area (Å²) in [6.45, 7) is -0.179. The molecule has 0 radical (unpaired) electrons. The van der Waals surface area contributed by atoms with E-state index in [-0.39, 0.29) is 23.7 Å². The third-order valence-corrected chi connectivity index (χ3v) is 5.51. The first-order chi connectivity index (χ1) is 16.8. The fraction of sp³-hybridized carbons (Fsp3) is 0.160. The van der Waals surface area contributed by atoms with Crippen molar-refractivity contribution in [2.45, 2.75) is 19.0 Å². The normalized spacial score (nSPS) is 11.9. The summed E-state index contributed by atoms with van der Waals surface area (Å²) >= 11 is 0. The van der Waals surface area contributed by atoms with Crippen molar-refractivity contribution in [2.75, 3.05) is 7.11 Å². The molecule has 7 nitrogen and oxygen atoms in total. The predicted molar refractivity (Wildman–Crippen MR) is 123 cm³/mol. The first kappa shape index (κ1) is 24.0. The van der Waals surface area contributed by atoms with E-state index in [0.29, 0.717) is 10.1 Å². The molecule has 0 bridgehead atoms. The molecular formula is C25H21F3N4O3. The second kappa shape index (κ2) is 9.98. The molecule has 0 fully saturated rings. The van der Waals surface area contributed by atoms with E-state index in [1.165, 1.54) is 31.4 Å². The van der Waals surface area contributed by atoms with E-state index in [9.17, 15) is 18.4 Å². The largest absolute Gasteiger partial charge is 0.494 e. The first-order valence-electron chi connectivity index (χ1n) is 10.6. The number of nitrogens with zero attached hydrogens (tertiary/aromatic N) is 3. The molecule has 0 aliphatic heterocycles. The quantitative estimate of drug-likeness (QED) is 0.437. The van der Waals surface area contributed by atoms with Gasteiger partial charge in [0.2, 0.25) is 0 Å². The molecule has 0 saturated carbocycles. The Morgan fingerprint density at radius 2 is 1.60 bits per heavy atom. The number of ether oxygens (including phenoxy) is 1. The molecular weight excluding hydrogens is 461 g/mol. The average Bonchev–Trinajstić information content (AvgIpc) is 2.85. The van der Waals surface area contributed by atoms with Gasteiger partial charge in [0.25, 0.3) is 5.56 Å². The van der Waals surface area contributed by atoms with Crippen molar-refractivity contribution in [3.8, 4) is 11.4 Å². The molecule has 3 aromatic carbocycles. The molecule has 1 atom stereocenters. The number of nitrogens with two attached hydrogens (primary N) is 1. The van der Waals surface area contributed by atoms with Crippen LogP contribution in [0.15, 0.2) is 76.3 Å². The number of rotatable bonds is 7. The molecule has 0 saturated heterocycles. The molecule has 35 heavy (non-hydrogen) atoms. The van der Waals surface area contributed by atoms with Gasteiger partial charge in [-0.2, -0.15) is 5.10 Å². The molecule has 0 aliphatic rings. The monoisotopic (exact) mass is 482 g/mol. The van der Waals surface area contributed by atoms with Crippen LogP contribution in [0.3, 0.4) is 0 Å². The number of aromatic nitrogens is 3. The highest BCUT2D eigenvalue weighted by Gasteiger charge is 2.22. The van der Waals surface area contributed by atoms with E-state index in [2.05, 4.69) is 5.10 Å². The van der Waals surface area contributed by atoms with E-state index < -0.39 is 46.7 Å². The third-order valence-electron chi connectivity index (χ3n) is 5.51. The molecule has 4 aromatic rings. The minimum Gasteiger partial charge on any atom is -0.494 e. The Morgan fingerprint density at radius 1 is 0.943 bits per heavy atom. The minimum atomic E-state index is -1.02. The topological polar surface area (TPSA) is 92.1 Å². The minimum absolute atomic E-state index is 0.179. The highest BCUT2D eigenvalue weighted by atomic mass is 19.1. The van der Waals surface area contributed by atoms with Crippen LogP contribution < -0.4 is 21.7 Å². The van der Waals surface area contributed by atoms with Crippen LogP contribution in [0.4, 0.5) is 13.2 Å². The number of hydrogen-bond acceptors (Lipinski definition) is 5. The Kier molecular flexibility index (Phi) is 6.83. The highest BCUT2D eigenvalue weighted by Crippen LogP contribution is 2.22. The van der Waals surface area contributed by atoms with Crippen molar-refractivity contribution in [3.05, 3.63) is 122 Å². The lowest BCUT2D eigenvalue weighted by atomic mass is 10.1. The summed E-state index contributed by atoms with van der Waals surface area (Å²) in [6.07, 6.45) is -0.566. The van der Waals surface area contributed by atoms with Crippen LogP contribution in [0.1, 0.15) is 22.9 Å². The van der Waals surface area contributed by atoms with Crippen molar-refractivity contribution in [1.82, 2.24) is 14.3 Å². The molecule has 2 N–H and O–H groups in total. The highest BCUT2D eigenvalue weighted by molar-refractivity contribution is 5.41. The van der Waals surface area contributed by atoms with E-state index >= 15 is 4.39 Å². The van der Waals surface area contributed by atoms with Crippen LogP contribution in [0.2, 0.25) is 0 Å². The molecule has 4 rings (SSSR count). The Labute approximate surface area is 197 Å². The van der Waals surface area contributed by atoms with Crippen molar-refractivity contribution in [1.29, 1.82) is 0 Å². The second-order valence-corrected chi connectivity index (χ2v) is 7.74. The van der Waals surface area contributed by atoms with Crippen molar-refractivity contribution >= 4 is 0 Å². The van der Waals surface area contributed by atoms with Crippen LogP contribution in [-0.2, 0) is 13.0 Å². The smallest absolute Gasteiger partial charge is 0.352 e. The third kappa shape index (κ3) is 4.73. The zero-order valence-corrected chi connectivity index (χ0v) is 18.6. The molecule has 1 aromatic heterocycles. The molecule has 0 amide bonds. The van der Waals surface area contributed by atoms with Gasteiger partial charge < -0.3 is 10.5 Å². The SMILES string of the molecule is COc1cccc(-n2c(=O)c(Cc3c(F)cccc3F)nn(CC(N)c3ccccc3)c2=O)c1F. The number of methoxy groups -OCH3 is 1. The molecule has 180 valence electrons. The summed E-state index contributed by atoms with van der Waals surface area (Å²) in [6, 6.07) is 15.3. The summed E-state index contributed by atoms with van der Waals surface area (Å²) in [5, 5.41) is 4.08. The Balaban J connectivity index is 1.92. The van der Waals surface area contributed by atoms with Crippen LogP contribution in [0.25, 0.3) is 5.69 Å². The van der Waals surface area contributed by atoms with Gasteiger partial charge in [-0.3, -0.25) is 4.79 Å². The fourth-order valence-electron chi connectivity index (χ4n) is 3.70. The lowest BCUT2D eigenvalue weighted by Crippen LogP contribution is -2.44. The van der Waals surface area contributed by atoms with Gasteiger partial charge in [-0.15, -0.1) is 0 Å². The van der Waals surface area contributed by atoms with Gasteiger partial charge in [0.05, 0.1) is 19.3 Å². The van der Waals surface area contributed by atoms with Crippen LogP contribution in [-0.4, -0.2) is 21.5 Å².